The summed E-state index contributed by atoms with van der Waals surface area (Å²) in [6.07, 6.45) is 8.28. The zero-order valence-corrected chi connectivity index (χ0v) is 10.8. The Bertz CT molecular complexity index is 267. The molecule has 0 aromatic heterocycles. The lowest BCUT2D eigenvalue weighted by molar-refractivity contribution is -0.142. The van der Waals surface area contributed by atoms with Gasteiger partial charge in [-0.25, -0.2) is 0 Å². The maximum absolute atomic E-state index is 11.1. The van der Waals surface area contributed by atoms with E-state index in [-0.39, 0.29) is 5.92 Å². The van der Waals surface area contributed by atoms with Gasteiger partial charge in [0.2, 0.25) is 0 Å². The Kier molecular flexibility index (Phi) is 4.43. The number of hydrogen-bond acceptors (Lipinski definition) is 2. The van der Waals surface area contributed by atoms with Gasteiger partial charge in [0.15, 0.2) is 0 Å². The molecule has 2 N–H and O–H groups in total. The highest BCUT2D eigenvalue weighted by molar-refractivity contribution is 5.70. The second-order valence-corrected chi connectivity index (χ2v) is 6.01. The maximum atomic E-state index is 11.1. The van der Waals surface area contributed by atoms with E-state index in [2.05, 4.69) is 12.2 Å². The molecule has 2 aliphatic carbocycles. The van der Waals surface area contributed by atoms with Crippen LogP contribution < -0.4 is 5.32 Å². The minimum absolute atomic E-state index is 0.0940. The lowest BCUT2D eigenvalue weighted by Crippen LogP contribution is -2.38. The van der Waals surface area contributed by atoms with Crippen LogP contribution in [0, 0.1) is 17.8 Å². The third kappa shape index (κ3) is 3.44. The van der Waals surface area contributed by atoms with E-state index in [1.165, 1.54) is 25.7 Å². The molecule has 4 atom stereocenters. The standard InChI is InChI=1S/C14H25NO2/c1-10-4-2-6-12(8-10)15-9-11-5-3-7-13(11)14(16)17/h10-13,15H,2-9H2,1H3,(H,16,17). The fourth-order valence-electron chi connectivity index (χ4n) is 3.54. The summed E-state index contributed by atoms with van der Waals surface area (Å²) in [6, 6.07) is 0.633. The molecule has 4 unspecified atom stereocenters. The van der Waals surface area contributed by atoms with Gasteiger partial charge in [-0.1, -0.05) is 26.2 Å². The molecule has 17 heavy (non-hydrogen) atoms. The zero-order chi connectivity index (χ0) is 12.3. The molecule has 0 aromatic rings. The maximum Gasteiger partial charge on any atom is 0.306 e. The summed E-state index contributed by atoms with van der Waals surface area (Å²) in [5.74, 6) is 0.514. The van der Waals surface area contributed by atoms with Crippen LogP contribution in [-0.4, -0.2) is 23.7 Å². The van der Waals surface area contributed by atoms with E-state index in [1.54, 1.807) is 0 Å². The smallest absolute Gasteiger partial charge is 0.306 e. The second-order valence-electron chi connectivity index (χ2n) is 6.01. The number of nitrogens with one attached hydrogen (secondary N) is 1. The number of carbonyl (C=O) groups is 1. The van der Waals surface area contributed by atoms with Gasteiger partial charge in [-0.05, 0) is 44.1 Å². The van der Waals surface area contributed by atoms with E-state index < -0.39 is 5.97 Å². The van der Waals surface area contributed by atoms with Crippen molar-refractivity contribution in [2.45, 2.75) is 57.9 Å². The predicted octanol–water partition coefficient (Wildman–Crippen LogP) is 2.66. The molecule has 2 aliphatic rings. The number of carboxylic acids is 1. The summed E-state index contributed by atoms with van der Waals surface area (Å²) in [7, 11) is 0. The van der Waals surface area contributed by atoms with E-state index in [1.807, 2.05) is 0 Å². The summed E-state index contributed by atoms with van der Waals surface area (Å²) >= 11 is 0. The fourth-order valence-corrected chi connectivity index (χ4v) is 3.54. The molecule has 2 saturated carbocycles. The molecule has 3 heteroatoms. The molecule has 98 valence electrons. The molecule has 0 spiro atoms. The van der Waals surface area contributed by atoms with Crippen LogP contribution in [0.25, 0.3) is 0 Å². The van der Waals surface area contributed by atoms with Gasteiger partial charge in [-0.2, -0.15) is 0 Å². The number of hydrogen-bond donors (Lipinski definition) is 2. The molecule has 0 aliphatic heterocycles. The summed E-state index contributed by atoms with van der Waals surface area (Å²) in [4.78, 5) is 11.1. The molecule has 0 radical (unpaired) electrons. The minimum Gasteiger partial charge on any atom is -0.481 e. The lowest BCUT2D eigenvalue weighted by atomic mass is 9.86. The van der Waals surface area contributed by atoms with Crippen LogP contribution >= 0.6 is 0 Å². The van der Waals surface area contributed by atoms with E-state index in [0.717, 1.165) is 31.7 Å². The average Bonchev–Trinajstić information content (AvgIpc) is 2.74. The van der Waals surface area contributed by atoms with Crippen molar-refractivity contribution in [2.75, 3.05) is 6.54 Å². The van der Waals surface area contributed by atoms with Crippen LogP contribution in [0.3, 0.4) is 0 Å². The third-order valence-corrected chi connectivity index (χ3v) is 4.58. The first-order valence-corrected chi connectivity index (χ1v) is 7.13. The van der Waals surface area contributed by atoms with Gasteiger partial charge < -0.3 is 10.4 Å². The summed E-state index contributed by atoms with van der Waals surface area (Å²) < 4.78 is 0. The van der Waals surface area contributed by atoms with Crippen molar-refractivity contribution in [1.82, 2.24) is 5.32 Å². The van der Waals surface area contributed by atoms with Crippen molar-refractivity contribution in [3.8, 4) is 0 Å². The SMILES string of the molecule is CC1CCCC(NCC2CCCC2C(=O)O)C1. The Morgan fingerprint density at radius 3 is 2.71 bits per heavy atom. The minimum atomic E-state index is -0.591. The van der Waals surface area contributed by atoms with Gasteiger partial charge in [0.05, 0.1) is 5.92 Å². The molecule has 0 saturated heterocycles. The topological polar surface area (TPSA) is 49.3 Å². The lowest BCUT2D eigenvalue weighted by Gasteiger charge is -2.29. The first kappa shape index (κ1) is 12.9. The van der Waals surface area contributed by atoms with Gasteiger partial charge in [-0.15, -0.1) is 0 Å². The average molecular weight is 239 g/mol. The zero-order valence-electron chi connectivity index (χ0n) is 10.8. The Balaban J connectivity index is 1.75. The van der Waals surface area contributed by atoms with Crippen molar-refractivity contribution in [3.05, 3.63) is 0 Å². The molecular weight excluding hydrogens is 214 g/mol. The largest absolute Gasteiger partial charge is 0.481 e. The van der Waals surface area contributed by atoms with Gasteiger partial charge in [0.25, 0.3) is 0 Å². The van der Waals surface area contributed by atoms with Crippen molar-refractivity contribution >= 4 is 5.97 Å². The van der Waals surface area contributed by atoms with Crippen molar-refractivity contribution < 1.29 is 9.90 Å². The number of carboxylic acid groups (broad SMARTS) is 1. The van der Waals surface area contributed by atoms with Crippen molar-refractivity contribution in [1.29, 1.82) is 0 Å². The summed E-state index contributed by atoms with van der Waals surface area (Å²) in [6.45, 7) is 3.23. The monoisotopic (exact) mass is 239 g/mol. The van der Waals surface area contributed by atoms with E-state index >= 15 is 0 Å². The number of rotatable bonds is 4. The highest BCUT2D eigenvalue weighted by Gasteiger charge is 2.33. The summed E-state index contributed by atoms with van der Waals surface area (Å²) in [5.41, 5.74) is 0. The van der Waals surface area contributed by atoms with Crippen LogP contribution in [0.5, 0.6) is 0 Å². The molecule has 0 aromatic carbocycles. The Morgan fingerprint density at radius 1 is 1.24 bits per heavy atom. The Hall–Kier alpha value is -0.570. The van der Waals surface area contributed by atoms with Crippen LogP contribution in [0.1, 0.15) is 51.9 Å². The molecular formula is C14H25NO2. The van der Waals surface area contributed by atoms with Crippen LogP contribution in [-0.2, 0) is 4.79 Å². The van der Waals surface area contributed by atoms with Crippen molar-refractivity contribution in [2.24, 2.45) is 17.8 Å². The Labute approximate surface area is 104 Å². The third-order valence-electron chi connectivity index (χ3n) is 4.58. The van der Waals surface area contributed by atoms with Gasteiger partial charge in [0.1, 0.15) is 0 Å². The van der Waals surface area contributed by atoms with Gasteiger partial charge >= 0.3 is 5.97 Å². The van der Waals surface area contributed by atoms with E-state index in [4.69, 9.17) is 5.11 Å². The molecule has 0 heterocycles. The van der Waals surface area contributed by atoms with Gasteiger partial charge in [-0.3, -0.25) is 4.79 Å². The highest BCUT2D eigenvalue weighted by atomic mass is 16.4. The quantitative estimate of drug-likeness (QED) is 0.793. The molecule has 2 rings (SSSR count). The van der Waals surface area contributed by atoms with Crippen LogP contribution in [0.4, 0.5) is 0 Å². The molecule has 2 fully saturated rings. The van der Waals surface area contributed by atoms with E-state index in [0.29, 0.717) is 12.0 Å². The Morgan fingerprint density at radius 2 is 2.00 bits per heavy atom. The van der Waals surface area contributed by atoms with Crippen LogP contribution in [0.2, 0.25) is 0 Å². The van der Waals surface area contributed by atoms with E-state index in [9.17, 15) is 4.79 Å². The first-order chi connectivity index (χ1) is 8.16. The second kappa shape index (κ2) is 5.85. The van der Waals surface area contributed by atoms with Gasteiger partial charge in [0, 0.05) is 6.04 Å². The number of aliphatic carboxylic acids is 1. The van der Waals surface area contributed by atoms with Crippen molar-refractivity contribution in [3.63, 3.8) is 0 Å². The molecule has 3 nitrogen and oxygen atoms in total. The molecule has 0 bridgehead atoms. The predicted molar refractivity (Wildman–Crippen MR) is 67.9 cm³/mol. The fraction of sp³-hybridized carbons (Fsp3) is 0.929. The normalized spacial score (nSPS) is 38.2. The summed E-state index contributed by atoms with van der Waals surface area (Å²) in [5, 5.41) is 12.8. The first-order valence-electron chi connectivity index (χ1n) is 7.13. The highest BCUT2D eigenvalue weighted by Crippen LogP contribution is 2.32. The molecule has 0 amide bonds. The van der Waals surface area contributed by atoms with Crippen LogP contribution in [0.15, 0.2) is 0 Å².